The van der Waals surface area contributed by atoms with E-state index < -0.39 is 0 Å². The lowest BCUT2D eigenvalue weighted by Crippen LogP contribution is -2.26. The van der Waals surface area contributed by atoms with Crippen LogP contribution in [0.25, 0.3) is 0 Å². The zero-order chi connectivity index (χ0) is 12.1. The van der Waals surface area contributed by atoms with Crippen LogP contribution in [0.2, 0.25) is 0 Å². The summed E-state index contributed by atoms with van der Waals surface area (Å²) in [6.45, 7) is 7.10. The molecule has 1 unspecified atom stereocenters. The number of hydrogen-bond acceptors (Lipinski definition) is 4. The van der Waals surface area contributed by atoms with E-state index in [4.69, 9.17) is 16.3 Å². The molecule has 0 saturated carbocycles. The Labute approximate surface area is 102 Å². The summed E-state index contributed by atoms with van der Waals surface area (Å²) in [4.78, 5) is 10.6. The van der Waals surface area contributed by atoms with Gasteiger partial charge >= 0.3 is 0 Å². The van der Waals surface area contributed by atoms with Gasteiger partial charge in [0.25, 0.3) is 0 Å². The van der Waals surface area contributed by atoms with Crippen LogP contribution >= 0.6 is 11.6 Å². The van der Waals surface area contributed by atoms with Crippen molar-refractivity contribution in [2.24, 2.45) is 0 Å². The van der Waals surface area contributed by atoms with E-state index in [1.807, 2.05) is 38.8 Å². The summed E-state index contributed by atoms with van der Waals surface area (Å²) in [5.74, 6) is 1.26. The van der Waals surface area contributed by atoms with E-state index >= 15 is 0 Å². The van der Waals surface area contributed by atoms with Crippen molar-refractivity contribution in [1.82, 2.24) is 9.97 Å². The van der Waals surface area contributed by atoms with Crippen molar-refractivity contribution in [2.75, 3.05) is 25.1 Å². The van der Waals surface area contributed by atoms with Gasteiger partial charge in [0.15, 0.2) is 0 Å². The third-order valence-corrected chi connectivity index (χ3v) is 2.12. The van der Waals surface area contributed by atoms with Crippen LogP contribution in [0, 0.1) is 6.92 Å². The maximum atomic E-state index is 5.93. The first kappa shape index (κ1) is 13.0. The molecular formula is C11H18ClN3O. The van der Waals surface area contributed by atoms with Gasteiger partial charge in [-0.3, -0.25) is 0 Å². The SMILES string of the molecule is CCOc1cc(C)nc(N(C)CC(C)Cl)n1. The molecule has 16 heavy (non-hydrogen) atoms. The minimum Gasteiger partial charge on any atom is -0.478 e. The highest BCUT2D eigenvalue weighted by Crippen LogP contribution is 2.15. The Morgan fingerprint density at radius 2 is 2.19 bits per heavy atom. The second kappa shape index (κ2) is 5.89. The molecule has 1 heterocycles. The molecule has 0 aliphatic carbocycles. The Morgan fingerprint density at radius 1 is 1.50 bits per heavy atom. The van der Waals surface area contributed by atoms with Gasteiger partial charge in [-0.2, -0.15) is 4.98 Å². The molecule has 0 aliphatic rings. The van der Waals surface area contributed by atoms with Crippen molar-refractivity contribution in [1.29, 1.82) is 0 Å². The summed E-state index contributed by atoms with van der Waals surface area (Å²) < 4.78 is 5.37. The summed E-state index contributed by atoms with van der Waals surface area (Å²) in [6.07, 6.45) is 0. The fraction of sp³-hybridized carbons (Fsp3) is 0.636. The number of nitrogens with zero attached hydrogens (tertiary/aromatic N) is 3. The highest BCUT2D eigenvalue weighted by Gasteiger charge is 2.09. The number of hydrogen-bond donors (Lipinski definition) is 0. The number of alkyl halides is 1. The summed E-state index contributed by atoms with van der Waals surface area (Å²) in [6, 6.07) is 1.82. The van der Waals surface area contributed by atoms with Gasteiger partial charge in [0, 0.05) is 30.7 Å². The first-order valence-electron chi connectivity index (χ1n) is 5.36. The van der Waals surface area contributed by atoms with E-state index in [0.717, 1.165) is 5.69 Å². The highest BCUT2D eigenvalue weighted by atomic mass is 35.5. The first-order valence-corrected chi connectivity index (χ1v) is 5.80. The van der Waals surface area contributed by atoms with Crippen LogP contribution in [0.3, 0.4) is 0 Å². The number of ether oxygens (including phenoxy) is 1. The van der Waals surface area contributed by atoms with Crippen molar-refractivity contribution < 1.29 is 4.74 Å². The lowest BCUT2D eigenvalue weighted by Gasteiger charge is -2.19. The molecule has 1 aromatic rings. The molecule has 0 fully saturated rings. The molecule has 0 aliphatic heterocycles. The van der Waals surface area contributed by atoms with Gasteiger partial charge in [-0.1, -0.05) is 0 Å². The van der Waals surface area contributed by atoms with Gasteiger partial charge in [0.05, 0.1) is 6.61 Å². The van der Waals surface area contributed by atoms with E-state index in [0.29, 0.717) is 25.0 Å². The molecular weight excluding hydrogens is 226 g/mol. The molecule has 0 aromatic carbocycles. The number of halogens is 1. The second-order valence-corrected chi connectivity index (χ2v) is 4.49. The topological polar surface area (TPSA) is 38.2 Å². The summed E-state index contributed by atoms with van der Waals surface area (Å²) >= 11 is 5.93. The van der Waals surface area contributed by atoms with Crippen LogP contribution in [0.15, 0.2) is 6.07 Å². The van der Waals surface area contributed by atoms with Gasteiger partial charge in [-0.25, -0.2) is 4.98 Å². The number of anilines is 1. The van der Waals surface area contributed by atoms with Gasteiger partial charge in [-0.15, -0.1) is 11.6 Å². The maximum absolute atomic E-state index is 5.93. The molecule has 1 rings (SSSR count). The predicted octanol–water partition coefficient (Wildman–Crippen LogP) is 2.25. The van der Waals surface area contributed by atoms with Gasteiger partial charge in [0.1, 0.15) is 0 Å². The van der Waals surface area contributed by atoms with Crippen LogP contribution in [0.4, 0.5) is 5.95 Å². The fourth-order valence-electron chi connectivity index (χ4n) is 1.38. The van der Waals surface area contributed by atoms with E-state index in [1.54, 1.807) is 0 Å². The van der Waals surface area contributed by atoms with Crippen molar-refractivity contribution in [2.45, 2.75) is 26.1 Å². The molecule has 90 valence electrons. The Kier molecular flexibility index (Phi) is 4.80. The minimum absolute atomic E-state index is 0.0599. The molecule has 5 heteroatoms. The van der Waals surface area contributed by atoms with Crippen molar-refractivity contribution in [3.63, 3.8) is 0 Å². The van der Waals surface area contributed by atoms with Crippen LogP contribution < -0.4 is 9.64 Å². The van der Waals surface area contributed by atoms with Gasteiger partial charge < -0.3 is 9.64 Å². The lowest BCUT2D eigenvalue weighted by atomic mass is 10.4. The predicted molar refractivity (Wildman–Crippen MR) is 66.5 cm³/mol. The molecule has 1 aromatic heterocycles. The summed E-state index contributed by atoms with van der Waals surface area (Å²) in [5, 5.41) is 0.0599. The molecule has 1 atom stereocenters. The maximum Gasteiger partial charge on any atom is 0.228 e. The van der Waals surface area contributed by atoms with Gasteiger partial charge in [0.2, 0.25) is 11.8 Å². The van der Waals surface area contributed by atoms with E-state index in [1.165, 1.54) is 0 Å². The van der Waals surface area contributed by atoms with Crippen LogP contribution in [0.5, 0.6) is 5.88 Å². The number of aromatic nitrogens is 2. The minimum atomic E-state index is 0.0599. The molecule has 0 spiro atoms. The van der Waals surface area contributed by atoms with Crippen molar-refractivity contribution in [3.8, 4) is 5.88 Å². The highest BCUT2D eigenvalue weighted by molar-refractivity contribution is 6.20. The standard InChI is InChI=1S/C11H18ClN3O/c1-5-16-10-6-9(3)13-11(14-10)15(4)7-8(2)12/h6,8H,5,7H2,1-4H3. The fourth-order valence-corrected chi connectivity index (χ4v) is 1.58. The molecule has 4 nitrogen and oxygen atoms in total. The Morgan fingerprint density at radius 3 is 2.75 bits per heavy atom. The second-order valence-electron chi connectivity index (χ2n) is 3.74. The summed E-state index contributed by atoms with van der Waals surface area (Å²) in [5.41, 5.74) is 0.891. The Balaban J connectivity index is 2.86. The van der Waals surface area contributed by atoms with Gasteiger partial charge in [-0.05, 0) is 20.8 Å². The number of rotatable bonds is 5. The Hall–Kier alpha value is -1.03. The largest absolute Gasteiger partial charge is 0.478 e. The van der Waals surface area contributed by atoms with Crippen LogP contribution in [-0.4, -0.2) is 35.5 Å². The zero-order valence-corrected chi connectivity index (χ0v) is 11.0. The average Bonchev–Trinajstić information content (AvgIpc) is 2.16. The summed E-state index contributed by atoms with van der Waals surface area (Å²) in [7, 11) is 1.92. The molecule has 0 bridgehead atoms. The molecule has 0 saturated heterocycles. The lowest BCUT2D eigenvalue weighted by molar-refractivity contribution is 0.326. The van der Waals surface area contributed by atoms with Crippen molar-refractivity contribution >= 4 is 17.5 Å². The van der Waals surface area contributed by atoms with Crippen LogP contribution in [-0.2, 0) is 0 Å². The van der Waals surface area contributed by atoms with Crippen molar-refractivity contribution in [3.05, 3.63) is 11.8 Å². The molecule has 0 radical (unpaired) electrons. The quantitative estimate of drug-likeness (QED) is 0.744. The average molecular weight is 244 g/mol. The smallest absolute Gasteiger partial charge is 0.228 e. The Bertz CT molecular complexity index is 344. The first-order chi connectivity index (χ1) is 7.52. The van der Waals surface area contributed by atoms with Crippen LogP contribution in [0.1, 0.15) is 19.5 Å². The van der Waals surface area contributed by atoms with E-state index in [-0.39, 0.29) is 5.38 Å². The normalized spacial score (nSPS) is 12.3. The zero-order valence-electron chi connectivity index (χ0n) is 10.2. The molecule has 0 N–H and O–H groups in total. The van der Waals surface area contributed by atoms with E-state index in [2.05, 4.69) is 9.97 Å². The monoisotopic (exact) mass is 243 g/mol. The van der Waals surface area contributed by atoms with E-state index in [9.17, 15) is 0 Å². The molecule has 0 amide bonds. The number of aryl methyl sites for hydroxylation is 1. The third kappa shape index (κ3) is 3.85. The third-order valence-electron chi connectivity index (χ3n) is 1.98.